The van der Waals surface area contributed by atoms with E-state index in [0.29, 0.717) is 12.8 Å². The molecule has 0 aromatic carbocycles. The number of carbonyl (C=O) groups is 3. The Morgan fingerprint density at radius 2 is 2.04 bits per heavy atom. The minimum atomic E-state index is -1.04. The zero-order chi connectivity index (χ0) is 20.8. The summed E-state index contributed by atoms with van der Waals surface area (Å²) >= 11 is 0. The number of fused-ring (bicyclic) bond motifs is 1. The summed E-state index contributed by atoms with van der Waals surface area (Å²) in [5, 5.41) is 12.9. The third-order valence-electron chi connectivity index (χ3n) is 6.29. The van der Waals surface area contributed by atoms with Crippen molar-refractivity contribution < 1.29 is 29.0 Å². The number of hydrogen-bond acceptors (Lipinski definition) is 6. The van der Waals surface area contributed by atoms with Crippen LogP contribution in [0.1, 0.15) is 47.5 Å². The lowest BCUT2D eigenvalue weighted by Gasteiger charge is -2.38. The number of amides is 2. The van der Waals surface area contributed by atoms with Gasteiger partial charge >= 0.3 is 5.97 Å². The lowest BCUT2D eigenvalue weighted by molar-refractivity contribution is -0.155. The maximum atomic E-state index is 13.5. The molecule has 158 valence electrons. The molecule has 2 N–H and O–H groups in total. The number of carbonyl (C=O) groups excluding carboxylic acids is 3. The Kier molecular flexibility index (Phi) is 5.74. The molecule has 0 saturated carbocycles. The lowest BCUT2D eigenvalue weighted by Crippen LogP contribution is -2.59. The van der Waals surface area contributed by atoms with E-state index in [2.05, 4.69) is 5.32 Å². The molecule has 3 heterocycles. The zero-order valence-corrected chi connectivity index (χ0v) is 17.3. The Hall–Kier alpha value is -1.67. The van der Waals surface area contributed by atoms with Gasteiger partial charge in [0.05, 0.1) is 37.2 Å². The van der Waals surface area contributed by atoms with Gasteiger partial charge in [0.25, 0.3) is 0 Å². The standard InChI is InChI=1S/C20H32N2O6/c1-6-27-19(26)14-13-7-8-20(28-13)15(14)18(25)22(12(9-23)10(2)3)16(20)17(24)21-11(4)5/h10-16,23H,6-9H2,1-5H3,(H,21,24)/t12-,13-,14+,15-,16?,20?/m0/s1. The van der Waals surface area contributed by atoms with E-state index in [9.17, 15) is 19.5 Å². The quantitative estimate of drug-likeness (QED) is 0.606. The number of hydrogen-bond donors (Lipinski definition) is 2. The SMILES string of the molecule is CCOC(=O)[C@@H]1[C@@H]2CCC3(O2)C(C(=O)NC(C)C)N([C@@H](CO)C(C)C)C(=O)[C@H]13. The van der Waals surface area contributed by atoms with Crippen molar-refractivity contribution in [1.29, 1.82) is 0 Å². The van der Waals surface area contributed by atoms with Gasteiger partial charge in [-0.3, -0.25) is 14.4 Å². The van der Waals surface area contributed by atoms with Crippen molar-refractivity contribution in [3.05, 3.63) is 0 Å². The van der Waals surface area contributed by atoms with Crippen LogP contribution in [0.5, 0.6) is 0 Å². The van der Waals surface area contributed by atoms with Crippen molar-refractivity contribution in [3.8, 4) is 0 Å². The first-order valence-electron chi connectivity index (χ1n) is 10.3. The Labute approximate surface area is 165 Å². The highest BCUT2D eigenvalue weighted by Crippen LogP contribution is 2.59. The van der Waals surface area contributed by atoms with Gasteiger partial charge in [-0.15, -0.1) is 0 Å². The highest BCUT2D eigenvalue weighted by molar-refractivity contribution is 5.98. The molecular formula is C20H32N2O6. The molecule has 3 rings (SSSR count). The Morgan fingerprint density at radius 1 is 1.36 bits per heavy atom. The fourth-order valence-corrected chi connectivity index (χ4v) is 5.24. The average Bonchev–Trinajstić information content (AvgIpc) is 3.23. The Morgan fingerprint density at radius 3 is 2.57 bits per heavy atom. The van der Waals surface area contributed by atoms with Crippen LogP contribution in [0, 0.1) is 17.8 Å². The fraction of sp³-hybridized carbons (Fsp3) is 0.850. The van der Waals surface area contributed by atoms with Gasteiger partial charge in [0.2, 0.25) is 11.8 Å². The van der Waals surface area contributed by atoms with Crippen molar-refractivity contribution in [3.63, 3.8) is 0 Å². The topological polar surface area (TPSA) is 105 Å². The smallest absolute Gasteiger partial charge is 0.312 e. The first-order chi connectivity index (χ1) is 13.2. The molecule has 3 aliphatic rings. The summed E-state index contributed by atoms with van der Waals surface area (Å²) in [5.74, 6) is -2.54. The molecule has 2 bridgehead atoms. The van der Waals surface area contributed by atoms with Crippen molar-refractivity contribution in [1.82, 2.24) is 10.2 Å². The summed E-state index contributed by atoms with van der Waals surface area (Å²) in [4.78, 5) is 40.9. The number of aliphatic hydroxyl groups excluding tert-OH is 1. The second kappa shape index (κ2) is 7.63. The average molecular weight is 396 g/mol. The predicted octanol–water partition coefficient (Wildman–Crippen LogP) is 0.466. The molecule has 2 unspecified atom stereocenters. The van der Waals surface area contributed by atoms with Crippen molar-refractivity contribution in [2.75, 3.05) is 13.2 Å². The van der Waals surface area contributed by atoms with Crippen LogP contribution in [0.4, 0.5) is 0 Å². The summed E-state index contributed by atoms with van der Waals surface area (Å²) in [7, 11) is 0. The summed E-state index contributed by atoms with van der Waals surface area (Å²) in [6.07, 6.45) is 0.737. The van der Waals surface area contributed by atoms with Crippen LogP contribution >= 0.6 is 0 Å². The molecule has 3 fully saturated rings. The van der Waals surface area contributed by atoms with Crippen LogP contribution in [0.15, 0.2) is 0 Å². The third-order valence-corrected chi connectivity index (χ3v) is 6.29. The summed E-state index contributed by atoms with van der Waals surface area (Å²) in [6, 6.07) is -1.50. The van der Waals surface area contributed by atoms with Crippen LogP contribution in [0.3, 0.4) is 0 Å². The number of nitrogens with zero attached hydrogens (tertiary/aromatic N) is 1. The zero-order valence-electron chi connectivity index (χ0n) is 17.3. The minimum Gasteiger partial charge on any atom is -0.466 e. The number of aliphatic hydroxyl groups is 1. The maximum absolute atomic E-state index is 13.5. The normalized spacial score (nSPS) is 34.9. The van der Waals surface area contributed by atoms with Gasteiger partial charge in [-0.2, -0.15) is 0 Å². The summed E-state index contributed by atoms with van der Waals surface area (Å²) in [6.45, 7) is 9.21. The molecule has 0 aromatic heterocycles. The van der Waals surface area contributed by atoms with Gasteiger partial charge in [0.1, 0.15) is 11.6 Å². The molecule has 0 aromatic rings. The Bertz CT molecular complexity index is 651. The molecule has 8 heteroatoms. The highest BCUT2D eigenvalue weighted by atomic mass is 16.6. The molecule has 0 aliphatic carbocycles. The number of rotatable bonds is 7. The van der Waals surface area contributed by atoms with Gasteiger partial charge < -0.3 is 24.8 Å². The molecule has 28 heavy (non-hydrogen) atoms. The van der Waals surface area contributed by atoms with Crippen molar-refractivity contribution in [2.24, 2.45) is 17.8 Å². The van der Waals surface area contributed by atoms with Gasteiger partial charge in [-0.05, 0) is 39.5 Å². The first kappa shape index (κ1) is 21.0. The van der Waals surface area contributed by atoms with Gasteiger partial charge in [-0.1, -0.05) is 13.8 Å². The van der Waals surface area contributed by atoms with Crippen molar-refractivity contribution in [2.45, 2.75) is 77.3 Å². The Balaban J connectivity index is 2.06. The van der Waals surface area contributed by atoms with Crippen LogP contribution in [0.2, 0.25) is 0 Å². The van der Waals surface area contributed by atoms with E-state index in [-0.39, 0.29) is 37.0 Å². The molecule has 3 saturated heterocycles. The van der Waals surface area contributed by atoms with E-state index in [1.165, 1.54) is 4.90 Å². The van der Waals surface area contributed by atoms with Gasteiger partial charge in [0, 0.05) is 6.04 Å². The molecule has 2 amide bonds. The number of likely N-dealkylation sites (tertiary alicyclic amines) is 1. The number of nitrogens with one attached hydrogen (secondary N) is 1. The van der Waals surface area contributed by atoms with Crippen LogP contribution < -0.4 is 5.32 Å². The summed E-state index contributed by atoms with van der Waals surface area (Å²) in [5.41, 5.74) is -1.04. The lowest BCUT2D eigenvalue weighted by atomic mass is 9.70. The largest absolute Gasteiger partial charge is 0.466 e. The molecule has 6 atom stereocenters. The molecule has 8 nitrogen and oxygen atoms in total. The molecule has 1 spiro atoms. The predicted molar refractivity (Wildman–Crippen MR) is 100 cm³/mol. The monoisotopic (exact) mass is 396 g/mol. The van der Waals surface area contributed by atoms with E-state index in [4.69, 9.17) is 9.47 Å². The number of ether oxygens (including phenoxy) is 2. The van der Waals surface area contributed by atoms with Crippen LogP contribution in [-0.4, -0.2) is 70.8 Å². The van der Waals surface area contributed by atoms with Gasteiger partial charge in [0.15, 0.2) is 0 Å². The first-order valence-corrected chi connectivity index (χ1v) is 10.3. The molecular weight excluding hydrogens is 364 g/mol. The second-order valence-corrected chi connectivity index (χ2v) is 8.71. The van der Waals surface area contributed by atoms with Crippen LogP contribution in [0.25, 0.3) is 0 Å². The summed E-state index contributed by atoms with van der Waals surface area (Å²) < 4.78 is 11.5. The van der Waals surface area contributed by atoms with Crippen molar-refractivity contribution >= 4 is 17.8 Å². The maximum Gasteiger partial charge on any atom is 0.312 e. The van der Waals surface area contributed by atoms with E-state index in [1.807, 2.05) is 27.7 Å². The fourth-order valence-electron chi connectivity index (χ4n) is 5.24. The van der Waals surface area contributed by atoms with E-state index >= 15 is 0 Å². The highest BCUT2D eigenvalue weighted by Gasteiger charge is 2.75. The third kappa shape index (κ3) is 3.01. The van der Waals surface area contributed by atoms with Gasteiger partial charge in [-0.25, -0.2) is 0 Å². The molecule has 0 radical (unpaired) electrons. The van der Waals surface area contributed by atoms with E-state index < -0.39 is 41.6 Å². The van der Waals surface area contributed by atoms with E-state index in [0.717, 1.165) is 0 Å². The van der Waals surface area contributed by atoms with E-state index in [1.54, 1.807) is 6.92 Å². The van der Waals surface area contributed by atoms with Crippen LogP contribution in [-0.2, 0) is 23.9 Å². The molecule has 3 aliphatic heterocycles. The second-order valence-electron chi connectivity index (χ2n) is 8.71. The minimum absolute atomic E-state index is 0.0585. The number of esters is 1.